The highest BCUT2D eigenvalue weighted by molar-refractivity contribution is 6.76. The van der Waals surface area contributed by atoms with E-state index in [9.17, 15) is 24.3 Å². The van der Waals surface area contributed by atoms with Crippen molar-refractivity contribution in [1.82, 2.24) is 15.1 Å². The first-order valence-corrected chi connectivity index (χ1v) is 17.2. The number of carbonyl (C=O) groups excluding carboxylic acids is 3. The summed E-state index contributed by atoms with van der Waals surface area (Å²) in [5, 5.41) is 11.7. The lowest BCUT2D eigenvalue weighted by molar-refractivity contribution is -0.158. The largest absolute Gasteiger partial charge is 0.465 e. The van der Waals surface area contributed by atoms with Gasteiger partial charge >= 0.3 is 6.09 Å². The molecule has 2 aliphatic heterocycles. The van der Waals surface area contributed by atoms with Crippen molar-refractivity contribution in [2.24, 2.45) is 5.92 Å². The first-order chi connectivity index (χ1) is 17.9. The minimum Gasteiger partial charge on any atom is -0.465 e. The van der Waals surface area contributed by atoms with Crippen molar-refractivity contribution >= 4 is 31.9 Å². The van der Waals surface area contributed by atoms with Crippen molar-refractivity contribution in [2.75, 3.05) is 13.3 Å². The van der Waals surface area contributed by atoms with Crippen molar-refractivity contribution in [2.45, 2.75) is 89.3 Å². The Hall–Kier alpha value is -2.79. The molecule has 2 heterocycles. The summed E-state index contributed by atoms with van der Waals surface area (Å²) in [6, 6.07) is 2.80. The molecule has 208 valence electrons. The smallest absolute Gasteiger partial charge is 0.404 e. The maximum absolute atomic E-state index is 15.1. The Morgan fingerprint density at radius 1 is 1.16 bits per heavy atom. The average Bonchev–Trinajstić information content (AvgIpc) is 3.14. The normalized spacial score (nSPS) is 24.1. The maximum atomic E-state index is 15.1. The molecule has 2 N–H and O–H groups in total. The lowest BCUT2D eigenvalue weighted by atomic mass is 9.80. The van der Waals surface area contributed by atoms with Crippen LogP contribution in [-0.4, -0.2) is 72.2 Å². The molecule has 0 radical (unpaired) electrons. The van der Waals surface area contributed by atoms with E-state index in [1.807, 2.05) is 0 Å². The number of piperidine rings is 1. The molecule has 38 heavy (non-hydrogen) atoms. The molecule has 1 saturated heterocycles. The minimum absolute atomic E-state index is 0.0268. The number of carboxylic acid groups (broad SMARTS) is 1. The number of hydrogen-bond donors (Lipinski definition) is 2. The minimum atomic E-state index is -1.32. The van der Waals surface area contributed by atoms with Gasteiger partial charge in [-0.05, 0) is 54.8 Å². The van der Waals surface area contributed by atoms with E-state index in [0.717, 1.165) is 36.6 Å². The van der Waals surface area contributed by atoms with Crippen LogP contribution in [0.15, 0.2) is 12.1 Å². The summed E-state index contributed by atoms with van der Waals surface area (Å²) in [7, 11) is -1.32. The number of nitrogens with zero attached hydrogens (tertiary/aromatic N) is 2. The molecule has 1 aromatic rings. The zero-order chi connectivity index (χ0) is 27.6. The number of halogens is 1. The second kappa shape index (κ2) is 11.5. The molecule has 0 aromatic heterocycles. The standard InChI is InChI=1S/C27H38FN3O6Si/c1-38(2,3)11-10-37-16-31-24(32)9-8-23(26(31)34)30-15-19-13-18(21(28)14-20(19)25(30)33)12-17-6-4-5-7-22(17)29-27(35)36/h13-14,17,22-23,29H,4-12,15-16H2,1-3H3,(H,35,36)/t17-,22+,23?/m1/s1. The van der Waals surface area contributed by atoms with E-state index in [2.05, 4.69) is 25.0 Å². The van der Waals surface area contributed by atoms with Gasteiger partial charge in [0, 0.05) is 39.3 Å². The summed E-state index contributed by atoms with van der Waals surface area (Å²) in [6.07, 6.45) is 3.05. The molecular formula is C27H38FN3O6Si. The molecule has 0 bridgehead atoms. The number of likely N-dealkylation sites (tertiary alicyclic amines) is 1. The number of hydrogen-bond acceptors (Lipinski definition) is 5. The molecule has 2 fully saturated rings. The highest BCUT2D eigenvalue weighted by Gasteiger charge is 2.43. The number of imide groups is 1. The van der Waals surface area contributed by atoms with Crippen molar-refractivity contribution < 1.29 is 33.4 Å². The zero-order valence-corrected chi connectivity index (χ0v) is 23.4. The Labute approximate surface area is 223 Å². The van der Waals surface area contributed by atoms with E-state index in [0.29, 0.717) is 24.2 Å². The van der Waals surface area contributed by atoms with Gasteiger partial charge in [-0.3, -0.25) is 19.3 Å². The lowest BCUT2D eigenvalue weighted by Crippen LogP contribution is -2.55. The Morgan fingerprint density at radius 3 is 2.61 bits per heavy atom. The fourth-order valence-electron chi connectivity index (χ4n) is 5.68. The zero-order valence-electron chi connectivity index (χ0n) is 22.4. The third-order valence-corrected chi connectivity index (χ3v) is 9.59. The second-order valence-corrected chi connectivity index (χ2v) is 17.5. The van der Waals surface area contributed by atoms with Crippen LogP contribution in [0.25, 0.3) is 0 Å². The fourth-order valence-corrected chi connectivity index (χ4v) is 6.44. The molecule has 1 aliphatic carbocycles. The van der Waals surface area contributed by atoms with E-state index >= 15 is 4.39 Å². The van der Waals surface area contributed by atoms with Gasteiger partial charge in [0.25, 0.3) is 11.8 Å². The average molecular weight is 548 g/mol. The van der Waals surface area contributed by atoms with Crippen LogP contribution in [0.4, 0.5) is 9.18 Å². The predicted molar refractivity (Wildman–Crippen MR) is 141 cm³/mol. The maximum Gasteiger partial charge on any atom is 0.404 e. The summed E-state index contributed by atoms with van der Waals surface area (Å²) < 4.78 is 20.8. The summed E-state index contributed by atoms with van der Waals surface area (Å²) >= 11 is 0. The topological polar surface area (TPSA) is 116 Å². The van der Waals surface area contributed by atoms with Crippen molar-refractivity contribution in [3.8, 4) is 0 Å². The van der Waals surface area contributed by atoms with Crippen molar-refractivity contribution in [3.05, 3.63) is 34.6 Å². The number of fused-ring (bicyclic) bond motifs is 1. The number of carbonyl (C=O) groups is 4. The molecular weight excluding hydrogens is 509 g/mol. The van der Waals surface area contributed by atoms with Gasteiger partial charge in [0.1, 0.15) is 18.6 Å². The second-order valence-electron chi connectivity index (χ2n) is 11.9. The lowest BCUT2D eigenvalue weighted by Gasteiger charge is -2.35. The Kier molecular flexibility index (Phi) is 8.56. The number of ether oxygens (including phenoxy) is 1. The Bertz CT molecular complexity index is 1110. The van der Waals surface area contributed by atoms with Crippen LogP contribution in [0.2, 0.25) is 25.7 Å². The van der Waals surface area contributed by atoms with Crippen LogP contribution in [0.5, 0.6) is 0 Å². The molecule has 1 aromatic carbocycles. The molecule has 0 spiro atoms. The van der Waals surface area contributed by atoms with Gasteiger partial charge in [0.2, 0.25) is 5.91 Å². The molecule has 4 rings (SSSR count). The van der Waals surface area contributed by atoms with Crippen LogP contribution in [0.3, 0.4) is 0 Å². The number of rotatable bonds is 9. The third-order valence-electron chi connectivity index (χ3n) is 7.88. The summed E-state index contributed by atoms with van der Waals surface area (Å²) in [4.78, 5) is 52.7. The van der Waals surface area contributed by atoms with Gasteiger partial charge in [-0.15, -0.1) is 0 Å². The first-order valence-electron chi connectivity index (χ1n) is 13.5. The number of benzene rings is 1. The monoisotopic (exact) mass is 547 g/mol. The van der Waals surface area contributed by atoms with Gasteiger partial charge in [-0.1, -0.05) is 38.5 Å². The van der Waals surface area contributed by atoms with Gasteiger partial charge in [-0.25, -0.2) is 9.18 Å². The Morgan fingerprint density at radius 2 is 1.89 bits per heavy atom. The van der Waals surface area contributed by atoms with Gasteiger partial charge in [0.15, 0.2) is 0 Å². The first kappa shape index (κ1) is 28.2. The van der Waals surface area contributed by atoms with Gasteiger partial charge in [-0.2, -0.15) is 0 Å². The number of amides is 4. The highest BCUT2D eigenvalue weighted by atomic mass is 28.3. The molecule has 1 saturated carbocycles. The van der Waals surface area contributed by atoms with Crippen LogP contribution in [0.1, 0.15) is 60.0 Å². The SMILES string of the molecule is C[Si](C)(C)CCOCN1C(=O)CCC(N2Cc3cc(C[C@H]4CCCC[C@@H]4NC(=O)O)c(F)cc3C2=O)C1=O. The molecule has 11 heteroatoms. The van der Waals surface area contributed by atoms with E-state index in [1.165, 1.54) is 11.0 Å². The van der Waals surface area contributed by atoms with Crippen LogP contribution >= 0.6 is 0 Å². The molecule has 3 aliphatic rings. The summed E-state index contributed by atoms with van der Waals surface area (Å²) in [6.45, 7) is 7.16. The molecule has 3 atom stereocenters. The van der Waals surface area contributed by atoms with E-state index in [4.69, 9.17) is 4.74 Å². The van der Waals surface area contributed by atoms with E-state index in [-0.39, 0.29) is 49.5 Å². The van der Waals surface area contributed by atoms with Crippen molar-refractivity contribution in [1.29, 1.82) is 0 Å². The number of nitrogens with one attached hydrogen (secondary N) is 1. The van der Waals surface area contributed by atoms with Crippen LogP contribution < -0.4 is 5.32 Å². The van der Waals surface area contributed by atoms with Gasteiger partial charge in [0.05, 0.1) is 0 Å². The highest BCUT2D eigenvalue weighted by Crippen LogP contribution is 2.33. The van der Waals surface area contributed by atoms with Crippen LogP contribution in [0, 0.1) is 11.7 Å². The third kappa shape index (κ3) is 6.43. The Balaban J connectivity index is 1.45. The van der Waals surface area contributed by atoms with E-state index in [1.54, 1.807) is 6.07 Å². The van der Waals surface area contributed by atoms with Crippen molar-refractivity contribution in [3.63, 3.8) is 0 Å². The molecule has 4 amide bonds. The van der Waals surface area contributed by atoms with E-state index < -0.39 is 37.8 Å². The fraction of sp³-hybridized carbons (Fsp3) is 0.630. The molecule has 9 nitrogen and oxygen atoms in total. The predicted octanol–water partition coefficient (Wildman–Crippen LogP) is 3.98. The summed E-state index contributed by atoms with van der Waals surface area (Å²) in [5.74, 6) is -1.71. The van der Waals surface area contributed by atoms with Crippen LogP contribution in [-0.2, 0) is 27.3 Å². The molecule has 1 unspecified atom stereocenters. The quantitative estimate of drug-likeness (QED) is 0.275. The van der Waals surface area contributed by atoms with Gasteiger partial charge < -0.3 is 20.1 Å². The summed E-state index contributed by atoms with van der Waals surface area (Å²) in [5.41, 5.74) is 1.33.